The maximum absolute atomic E-state index is 12.8. The standard InChI is InChI=1S/C21H23N5O3/c1-13-17(14(2)28-23-13)20(27)26-11-21(12-26)9-16(25(3)10-21)19-22-18(24-29-19)15-7-5-4-6-8-15/h4-8,16H,9-12H2,1-3H3. The van der Waals surface area contributed by atoms with Gasteiger partial charge in [0.15, 0.2) is 0 Å². The van der Waals surface area contributed by atoms with Crippen molar-refractivity contribution in [2.24, 2.45) is 5.41 Å². The fraction of sp³-hybridized carbons (Fsp3) is 0.429. The maximum Gasteiger partial charge on any atom is 0.259 e. The number of aromatic nitrogens is 3. The number of likely N-dealkylation sites (tertiary alicyclic amines) is 2. The van der Waals surface area contributed by atoms with E-state index in [1.54, 1.807) is 13.8 Å². The summed E-state index contributed by atoms with van der Waals surface area (Å²) in [5.74, 6) is 1.83. The third-order valence-electron chi connectivity index (χ3n) is 6.09. The molecule has 0 bridgehead atoms. The molecule has 4 heterocycles. The summed E-state index contributed by atoms with van der Waals surface area (Å²) in [5.41, 5.74) is 2.24. The SMILES string of the molecule is Cc1noc(C)c1C(=O)N1CC2(CC(c3nc(-c4ccccc4)no3)N(C)C2)C1. The van der Waals surface area contributed by atoms with Crippen molar-refractivity contribution in [3.8, 4) is 11.4 Å². The van der Waals surface area contributed by atoms with Crippen molar-refractivity contribution in [3.63, 3.8) is 0 Å². The summed E-state index contributed by atoms with van der Waals surface area (Å²) < 4.78 is 10.7. The molecule has 1 amide bonds. The monoisotopic (exact) mass is 393 g/mol. The van der Waals surface area contributed by atoms with Crippen LogP contribution in [0.1, 0.15) is 40.2 Å². The van der Waals surface area contributed by atoms with Gasteiger partial charge in [-0.15, -0.1) is 0 Å². The highest BCUT2D eigenvalue weighted by Gasteiger charge is 2.53. The van der Waals surface area contributed by atoms with E-state index in [-0.39, 0.29) is 17.4 Å². The van der Waals surface area contributed by atoms with Gasteiger partial charge in [-0.05, 0) is 27.3 Å². The Balaban J connectivity index is 1.29. The van der Waals surface area contributed by atoms with Gasteiger partial charge in [-0.3, -0.25) is 9.69 Å². The van der Waals surface area contributed by atoms with E-state index in [9.17, 15) is 4.79 Å². The lowest BCUT2D eigenvalue weighted by Gasteiger charge is -2.48. The van der Waals surface area contributed by atoms with Crippen LogP contribution in [0.15, 0.2) is 39.4 Å². The third kappa shape index (κ3) is 2.95. The molecular formula is C21H23N5O3. The zero-order valence-electron chi connectivity index (χ0n) is 16.8. The van der Waals surface area contributed by atoms with Gasteiger partial charge in [0.2, 0.25) is 11.7 Å². The Kier molecular flexibility index (Phi) is 4.06. The fourth-order valence-corrected chi connectivity index (χ4v) is 4.70. The van der Waals surface area contributed by atoms with E-state index in [1.807, 2.05) is 35.2 Å². The van der Waals surface area contributed by atoms with Crippen LogP contribution >= 0.6 is 0 Å². The number of rotatable bonds is 3. The second-order valence-electron chi connectivity index (χ2n) is 8.32. The van der Waals surface area contributed by atoms with Gasteiger partial charge in [0.1, 0.15) is 11.3 Å². The van der Waals surface area contributed by atoms with Gasteiger partial charge >= 0.3 is 0 Å². The Morgan fingerprint density at radius 1 is 1.10 bits per heavy atom. The molecule has 29 heavy (non-hydrogen) atoms. The van der Waals surface area contributed by atoms with Crippen molar-refractivity contribution in [3.05, 3.63) is 53.2 Å². The maximum atomic E-state index is 12.8. The summed E-state index contributed by atoms with van der Waals surface area (Å²) in [6, 6.07) is 9.89. The topological polar surface area (TPSA) is 88.5 Å². The van der Waals surface area contributed by atoms with Crippen LogP contribution in [0.4, 0.5) is 0 Å². The second kappa shape index (κ2) is 6.52. The third-order valence-corrected chi connectivity index (χ3v) is 6.09. The van der Waals surface area contributed by atoms with Crippen LogP contribution in [0.3, 0.4) is 0 Å². The lowest BCUT2D eigenvalue weighted by molar-refractivity contribution is 0.0113. The largest absolute Gasteiger partial charge is 0.361 e. The molecule has 8 heteroatoms. The zero-order valence-corrected chi connectivity index (χ0v) is 16.8. The molecule has 2 aliphatic rings. The number of hydrogen-bond acceptors (Lipinski definition) is 7. The van der Waals surface area contributed by atoms with Gasteiger partial charge in [-0.25, -0.2) is 0 Å². The molecule has 8 nitrogen and oxygen atoms in total. The number of hydrogen-bond donors (Lipinski definition) is 0. The van der Waals surface area contributed by atoms with Crippen LogP contribution in [-0.4, -0.2) is 57.7 Å². The number of carbonyl (C=O) groups is 1. The molecule has 2 aromatic heterocycles. The minimum absolute atomic E-state index is 0.00197. The highest BCUT2D eigenvalue weighted by Crippen LogP contribution is 2.48. The smallest absolute Gasteiger partial charge is 0.259 e. The molecular weight excluding hydrogens is 370 g/mol. The first-order chi connectivity index (χ1) is 14.0. The summed E-state index contributed by atoms with van der Waals surface area (Å²) in [4.78, 5) is 21.6. The minimum Gasteiger partial charge on any atom is -0.361 e. The summed E-state index contributed by atoms with van der Waals surface area (Å²) in [6.45, 7) is 5.92. The van der Waals surface area contributed by atoms with E-state index < -0.39 is 0 Å². The average Bonchev–Trinajstić information content (AvgIpc) is 3.38. The Hall–Kier alpha value is -3.00. The molecule has 1 unspecified atom stereocenters. The molecule has 1 atom stereocenters. The first kappa shape index (κ1) is 18.1. The van der Waals surface area contributed by atoms with Crippen LogP contribution in [0.5, 0.6) is 0 Å². The molecule has 0 radical (unpaired) electrons. The predicted molar refractivity (Wildman–Crippen MR) is 104 cm³/mol. The highest BCUT2D eigenvalue weighted by molar-refractivity contribution is 5.96. The van der Waals surface area contributed by atoms with Gasteiger partial charge in [0, 0.05) is 30.6 Å². The molecule has 0 aliphatic carbocycles. The molecule has 2 fully saturated rings. The van der Waals surface area contributed by atoms with Crippen molar-refractivity contribution < 1.29 is 13.8 Å². The van der Waals surface area contributed by atoms with Crippen molar-refractivity contribution in [2.45, 2.75) is 26.3 Å². The van der Waals surface area contributed by atoms with Crippen LogP contribution in [-0.2, 0) is 0 Å². The second-order valence-corrected chi connectivity index (χ2v) is 8.32. The van der Waals surface area contributed by atoms with E-state index in [2.05, 4.69) is 27.2 Å². The summed E-state index contributed by atoms with van der Waals surface area (Å²) >= 11 is 0. The zero-order chi connectivity index (χ0) is 20.2. The van der Waals surface area contributed by atoms with Crippen LogP contribution in [0.25, 0.3) is 11.4 Å². The Morgan fingerprint density at radius 2 is 1.86 bits per heavy atom. The van der Waals surface area contributed by atoms with Gasteiger partial charge in [-0.2, -0.15) is 4.98 Å². The van der Waals surface area contributed by atoms with Crippen LogP contribution < -0.4 is 0 Å². The normalized spacial score (nSPS) is 20.9. The molecule has 3 aromatic rings. The van der Waals surface area contributed by atoms with E-state index in [4.69, 9.17) is 9.05 Å². The van der Waals surface area contributed by atoms with Gasteiger partial charge in [-0.1, -0.05) is 40.6 Å². The molecule has 2 aliphatic heterocycles. The molecule has 1 spiro atoms. The van der Waals surface area contributed by atoms with Gasteiger partial charge in [0.25, 0.3) is 5.91 Å². The summed E-state index contributed by atoms with van der Waals surface area (Å²) in [5, 5.41) is 8.06. The first-order valence-electron chi connectivity index (χ1n) is 9.77. The van der Waals surface area contributed by atoms with E-state index in [0.717, 1.165) is 31.6 Å². The fourth-order valence-electron chi connectivity index (χ4n) is 4.70. The number of aryl methyl sites for hydroxylation is 2. The molecule has 2 saturated heterocycles. The number of amides is 1. The predicted octanol–water partition coefficient (Wildman–Crippen LogP) is 2.86. The van der Waals surface area contributed by atoms with Crippen molar-refractivity contribution in [2.75, 3.05) is 26.7 Å². The number of carbonyl (C=O) groups excluding carboxylic acids is 1. The molecule has 1 aromatic carbocycles. The van der Waals surface area contributed by atoms with Crippen molar-refractivity contribution in [1.29, 1.82) is 0 Å². The lowest BCUT2D eigenvalue weighted by atomic mass is 9.77. The molecule has 5 rings (SSSR count). The van der Waals surface area contributed by atoms with Crippen molar-refractivity contribution in [1.82, 2.24) is 25.1 Å². The average molecular weight is 393 g/mol. The summed E-state index contributed by atoms with van der Waals surface area (Å²) in [6.07, 6.45) is 0.894. The first-order valence-corrected chi connectivity index (χ1v) is 9.77. The Bertz CT molecular complexity index is 1030. The molecule has 0 N–H and O–H groups in total. The summed E-state index contributed by atoms with van der Waals surface area (Å²) in [7, 11) is 2.07. The molecule has 150 valence electrons. The number of nitrogens with zero attached hydrogens (tertiary/aromatic N) is 5. The van der Waals surface area contributed by atoms with Crippen LogP contribution in [0, 0.1) is 19.3 Å². The van der Waals surface area contributed by atoms with Gasteiger partial charge < -0.3 is 13.9 Å². The Morgan fingerprint density at radius 3 is 2.55 bits per heavy atom. The van der Waals surface area contributed by atoms with Crippen molar-refractivity contribution >= 4 is 5.91 Å². The lowest BCUT2D eigenvalue weighted by Crippen LogP contribution is -2.59. The number of benzene rings is 1. The highest BCUT2D eigenvalue weighted by atomic mass is 16.5. The molecule has 0 saturated carbocycles. The minimum atomic E-state index is 0.00197. The van der Waals surface area contributed by atoms with Gasteiger partial charge in [0.05, 0.1) is 11.7 Å². The van der Waals surface area contributed by atoms with E-state index in [0.29, 0.717) is 28.7 Å². The van der Waals surface area contributed by atoms with E-state index >= 15 is 0 Å². The van der Waals surface area contributed by atoms with E-state index in [1.165, 1.54) is 0 Å². The quantitative estimate of drug-likeness (QED) is 0.676. The Labute approximate surface area is 168 Å². The van der Waals surface area contributed by atoms with Crippen LogP contribution in [0.2, 0.25) is 0 Å².